The minimum Gasteiger partial charge on any atom is -0.355 e. The fourth-order valence-electron chi connectivity index (χ4n) is 2.59. The molecule has 0 fully saturated rings. The largest absolute Gasteiger partial charge is 0.355 e. The predicted molar refractivity (Wildman–Crippen MR) is 100 cm³/mol. The van der Waals surface area contributed by atoms with Crippen LogP contribution in [0.4, 0.5) is 10.6 Å². The Morgan fingerprint density at radius 3 is 2.73 bits per heavy atom. The van der Waals surface area contributed by atoms with Gasteiger partial charge in [0.15, 0.2) is 0 Å². The zero-order valence-electron chi connectivity index (χ0n) is 14.2. The molecule has 0 bridgehead atoms. The molecule has 0 spiro atoms. The maximum Gasteiger partial charge on any atom is 0.332 e. The van der Waals surface area contributed by atoms with Crippen molar-refractivity contribution >= 4 is 23.7 Å². The molecule has 2 amide bonds. The van der Waals surface area contributed by atoms with Gasteiger partial charge in [-0.15, -0.1) is 0 Å². The Morgan fingerprint density at radius 1 is 1.27 bits per heavy atom. The number of fused-ring (bicyclic) bond motifs is 1. The van der Waals surface area contributed by atoms with Gasteiger partial charge in [0.2, 0.25) is 0 Å². The number of carbonyl (C=O) groups is 1. The van der Waals surface area contributed by atoms with Crippen LogP contribution in [0.3, 0.4) is 0 Å². The van der Waals surface area contributed by atoms with Crippen molar-refractivity contribution in [1.82, 2.24) is 14.8 Å². The molecule has 0 atom stereocenters. The number of amides is 2. The van der Waals surface area contributed by atoms with E-state index in [1.54, 1.807) is 18.3 Å². The van der Waals surface area contributed by atoms with Crippen molar-refractivity contribution in [3.05, 3.63) is 76.2 Å². The molecule has 0 aliphatic rings. The molecular weight excluding hydrogens is 332 g/mol. The molecular formula is C18H18N6O2. The first-order valence-electron chi connectivity index (χ1n) is 7.91. The van der Waals surface area contributed by atoms with E-state index in [1.807, 2.05) is 48.3 Å². The lowest BCUT2D eigenvalue weighted by Gasteiger charge is -2.20. The molecule has 132 valence electrons. The zero-order chi connectivity index (χ0) is 18.5. The van der Waals surface area contributed by atoms with Gasteiger partial charge in [-0.2, -0.15) is 5.10 Å². The second-order valence-corrected chi connectivity index (χ2v) is 5.66. The summed E-state index contributed by atoms with van der Waals surface area (Å²) in [7, 11) is 1.84. The Balaban J connectivity index is 2.07. The number of nitrogens with two attached hydrogens (primary N) is 1. The zero-order valence-corrected chi connectivity index (χ0v) is 14.2. The number of pyridine rings is 1. The van der Waals surface area contributed by atoms with Crippen LogP contribution in [0.2, 0.25) is 0 Å². The van der Waals surface area contributed by atoms with Crippen molar-refractivity contribution in [2.75, 3.05) is 11.9 Å². The molecule has 3 aromatic rings. The maximum atomic E-state index is 12.8. The van der Waals surface area contributed by atoms with E-state index in [9.17, 15) is 9.59 Å². The number of hydrazone groups is 1. The lowest BCUT2D eigenvalue weighted by Crippen LogP contribution is -2.29. The normalized spacial score (nSPS) is 11.0. The van der Waals surface area contributed by atoms with Crippen molar-refractivity contribution in [2.45, 2.75) is 6.54 Å². The van der Waals surface area contributed by atoms with Crippen molar-refractivity contribution in [1.29, 1.82) is 0 Å². The second kappa shape index (κ2) is 7.47. The molecule has 2 heterocycles. The Morgan fingerprint density at radius 2 is 2.00 bits per heavy atom. The first kappa shape index (κ1) is 17.2. The first-order chi connectivity index (χ1) is 12.6. The summed E-state index contributed by atoms with van der Waals surface area (Å²) in [6, 6.07) is 14.3. The quantitative estimate of drug-likeness (QED) is 0.535. The minimum absolute atomic E-state index is 0.251. The van der Waals surface area contributed by atoms with Crippen LogP contribution in [0.1, 0.15) is 11.1 Å². The number of urea groups is 1. The maximum absolute atomic E-state index is 12.8. The molecule has 0 radical (unpaired) electrons. The summed E-state index contributed by atoms with van der Waals surface area (Å²) >= 11 is 0. The summed E-state index contributed by atoms with van der Waals surface area (Å²) in [4.78, 5) is 30.1. The molecule has 3 rings (SSSR count). The molecule has 8 nitrogen and oxygen atoms in total. The number of carbonyl (C=O) groups excluding carboxylic acids is 1. The molecule has 0 saturated carbocycles. The second-order valence-electron chi connectivity index (χ2n) is 5.66. The van der Waals surface area contributed by atoms with E-state index in [1.165, 1.54) is 10.6 Å². The van der Waals surface area contributed by atoms with Gasteiger partial charge in [-0.25, -0.2) is 15.2 Å². The summed E-state index contributed by atoms with van der Waals surface area (Å²) in [5.74, 6) is 0.458. The predicted octanol–water partition coefficient (Wildman–Crippen LogP) is 1.33. The summed E-state index contributed by atoms with van der Waals surface area (Å²) in [5, 5.41) is 3.73. The third-order valence-electron chi connectivity index (χ3n) is 3.74. The van der Waals surface area contributed by atoms with Crippen molar-refractivity contribution < 1.29 is 4.79 Å². The fourth-order valence-corrected chi connectivity index (χ4v) is 2.59. The number of primary amides is 1. The van der Waals surface area contributed by atoms with Gasteiger partial charge in [0, 0.05) is 19.8 Å². The Labute approximate surface area is 149 Å². The van der Waals surface area contributed by atoms with E-state index in [2.05, 4.69) is 15.5 Å². The first-order valence-corrected chi connectivity index (χ1v) is 7.91. The molecule has 0 saturated heterocycles. The summed E-state index contributed by atoms with van der Waals surface area (Å²) < 4.78 is 1.42. The summed E-state index contributed by atoms with van der Waals surface area (Å²) in [6.45, 7) is 0.556. The highest BCUT2D eigenvalue weighted by molar-refractivity contribution is 5.87. The Bertz CT molecular complexity index is 1010. The van der Waals surface area contributed by atoms with Gasteiger partial charge in [0.1, 0.15) is 17.0 Å². The van der Waals surface area contributed by atoms with Crippen LogP contribution in [0.25, 0.3) is 5.65 Å². The van der Waals surface area contributed by atoms with Crippen molar-refractivity contribution in [3.63, 3.8) is 0 Å². The third kappa shape index (κ3) is 3.69. The number of nitrogens with one attached hydrogen (secondary N) is 1. The molecule has 26 heavy (non-hydrogen) atoms. The lowest BCUT2D eigenvalue weighted by atomic mass is 10.2. The monoisotopic (exact) mass is 350 g/mol. The average Bonchev–Trinajstić information content (AvgIpc) is 2.64. The fraction of sp³-hybridized carbons (Fsp3) is 0.111. The van der Waals surface area contributed by atoms with Gasteiger partial charge in [-0.05, 0) is 17.7 Å². The Hall–Kier alpha value is -3.68. The smallest absolute Gasteiger partial charge is 0.332 e. The van der Waals surface area contributed by atoms with Gasteiger partial charge in [0.25, 0.3) is 5.56 Å². The number of hydrogen-bond donors (Lipinski definition) is 2. The number of aromatic nitrogens is 2. The highest BCUT2D eigenvalue weighted by Gasteiger charge is 2.15. The minimum atomic E-state index is -0.811. The van der Waals surface area contributed by atoms with Gasteiger partial charge < -0.3 is 10.6 Å². The van der Waals surface area contributed by atoms with Crippen LogP contribution in [0, 0.1) is 0 Å². The van der Waals surface area contributed by atoms with Crippen LogP contribution >= 0.6 is 0 Å². The van der Waals surface area contributed by atoms with Gasteiger partial charge in [0.05, 0.1) is 6.21 Å². The number of anilines is 1. The highest BCUT2D eigenvalue weighted by atomic mass is 16.2. The van der Waals surface area contributed by atoms with Crippen molar-refractivity contribution in [2.24, 2.45) is 10.8 Å². The van der Waals surface area contributed by atoms with Crippen LogP contribution in [-0.4, -0.2) is 28.7 Å². The number of nitrogens with zero attached hydrogens (tertiary/aromatic N) is 4. The van der Waals surface area contributed by atoms with Crippen molar-refractivity contribution in [3.8, 4) is 0 Å². The highest BCUT2D eigenvalue weighted by Crippen LogP contribution is 2.16. The topological polar surface area (TPSA) is 105 Å². The van der Waals surface area contributed by atoms with Crippen LogP contribution in [-0.2, 0) is 6.54 Å². The standard InChI is InChI=1S/C18H18N6O2/c1-23(12-13-7-3-2-4-8-13)16-14(11-20-22-18(19)26)17(25)24-10-6-5-9-15(24)21-16/h2-11H,12H2,1H3,(H3,19,22,26). The molecule has 3 N–H and O–H groups in total. The number of benzene rings is 1. The van der Waals surface area contributed by atoms with E-state index < -0.39 is 6.03 Å². The third-order valence-corrected chi connectivity index (χ3v) is 3.74. The number of hydrogen-bond acceptors (Lipinski definition) is 5. The molecule has 0 unspecified atom stereocenters. The van der Waals surface area contributed by atoms with E-state index in [-0.39, 0.29) is 11.1 Å². The van der Waals surface area contributed by atoms with E-state index >= 15 is 0 Å². The van der Waals surface area contributed by atoms with E-state index in [4.69, 9.17) is 5.73 Å². The molecule has 0 aliphatic carbocycles. The van der Waals surface area contributed by atoms with Crippen LogP contribution in [0.15, 0.2) is 64.6 Å². The van der Waals surface area contributed by atoms with Gasteiger partial charge in [-0.1, -0.05) is 36.4 Å². The molecule has 8 heteroatoms. The van der Waals surface area contributed by atoms with E-state index in [0.29, 0.717) is 18.0 Å². The summed E-state index contributed by atoms with van der Waals surface area (Å²) in [6.07, 6.45) is 2.89. The number of rotatable bonds is 5. The average molecular weight is 350 g/mol. The molecule has 1 aromatic carbocycles. The molecule has 0 aliphatic heterocycles. The van der Waals surface area contributed by atoms with Gasteiger partial charge in [-0.3, -0.25) is 9.20 Å². The van der Waals surface area contributed by atoms with Crippen LogP contribution in [0.5, 0.6) is 0 Å². The SMILES string of the molecule is CN(Cc1ccccc1)c1nc2ccccn2c(=O)c1C=NNC(N)=O. The summed E-state index contributed by atoms with van der Waals surface area (Å²) in [5.41, 5.74) is 8.66. The van der Waals surface area contributed by atoms with E-state index in [0.717, 1.165) is 5.56 Å². The molecule has 2 aromatic heterocycles. The van der Waals surface area contributed by atoms with Gasteiger partial charge >= 0.3 is 6.03 Å². The van der Waals surface area contributed by atoms with Crippen LogP contribution < -0.4 is 21.6 Å². The lowest BCUT2D eigenvalue weighted by molar-refractivity contribution is 0.249. The Kier molecular flexibility index (Phi) is 4.93.